The van der Waals surface area contributed by atoms with E-state index in [1.54, 1.807) is 19.2 Å². The van der Waals surface area contributed by atoms with E-state index < -0.39 is 4.92 Å². The third-order valence-corrected chi connectivity index (χ3v) is 2.30. The maximum Gasteiger partial charge on any atom is 0.269 e. The van der Waals surface area contributed by atoms with Crippen LogP contribution in [0.25, 0.3) is 0 Å². The summed E-state index contributed by atoms with van der Waals surface area (Å²) in [5, 5.41) is 13.6. The first kappa shape index (κ1) is 14.4. The van der Waals surface area contributed by atoms with Gasteiger partial charge in [-0.25, -0.2) is 0 Å². The van der Waals surface area contributed by atoms with Gasteiger partial charge in [0, 0.05) is 38.1 Å². The van der Waals surface area contributed by atoms with Crippen molar-refractivity contribution >= 4 is 11.4 Å². The Morgan fingerprint density at radius 2 is 1.94 bits per heavy atom. The summed E-state index contributed by atoms with van der Waals surface area (Å²) in [4.78, 5) is 10.0. The number of non-ortho nitro benzene ring substituents is 1. The molecule has 0 atom stereocenters. The van der Waals surface area contributed by atoms with Crippen LogP contribution in [0.5, 0.6) is 0 Å². The molecule has 1 rings (SSSR count). The monoisotopic (exact) mass is 254 g/mol. The minimum atomic E-state index is -0.409. The molecule has 6 nitrogen and oxygen atoms in total. The molecule has 0 heterocycles. The van der Waals surface area contributed by atoms with Crippen molar-refractivity contribution in [2.45, 2.75) is 6.42 Å². The predicted octanol–water partition coefficient (Wildman–Crippen LogP) is 2.06. The minimum absolute atomic E-state index is 0.100. The van der Waals surface area contributed by atoms with Gasteiger partial charge in [0.2, 0.25) is 0 Å². The third kappa shape index (κ3) is 5.60. The highest BCUT2D eigenvalue weighted by molar-refractivity contribution is 5.48. The Labute approximate surface area is 106 Å². The van der Waals surface area contributed by atoms with Gasteiger partial charge in [0.25, 0.3) is 5.69 Å². The van der Waals surface area contributed by atoms with Gasteiger partial charge in [-0.15, -0.1) is 0 Å². The molecule has 0 amide bonds. The lowest BCUT2D eigenvalue weighted by Crippen LogP contribution is -2.08. The number of nitrogens with one attached hydrogen (secondary N) is 1. The number of ether oxygens (including phenoxy) is 2. The van der Waals surface area contributed by atoms with Crippen molar-refractivity contribution in [1.29, 1.82) is 0 Å². The second-order valence-corrected chi connectivity index (χ2v) is 3.69. The van der Waals surface area contributed by atoms with Crippen LogP contribution in [0.1, 0.15) is 6.42 Å². The summed E-state index contributed by atoms with van der Waals surface area (Å²) in [6.07, 6.45) is 0.876. The lowest BCUT2D eigenvalue weighted by Gasteiger charge is -2.06. The number of rotatable bonds is 9. The smallest absolute Gasteiger partial charge is 0.269 e. The molecule has 1 aromatic rings. The van der Waals surface area contributed by atoms with Crippen LogP contribution in [-0.4, -0.2) is 38.4 Å². The highest BCUT2D eigenvalue weighted by Crippen LogP contribution is 2.15. The van der Waals surface area contributed by atoms with E-state index in [9.17, 15) is 10.1 Å². The molecule has 1 aromatic carbocycles. The zero-order valence-corrected chi connectivity index (χ0v) is 10.4. The summed E-state index contributed by atoms with van der Waals surface area (Å²) in [6, 6.07) is 6.36. The van der Waals surface area contributed by atoms with Crippen molar-refractivity contribution < 1.29 is 14.4 Å². The molecular formula is C12H18N2O4. The number of anilines is 1. The van der Waals surface area contributed by atoms with Crippen LogP contribution in [0.3, 0.4) is 0 Å². The zero-order chi connectivity index (χ0) is 13.2. The second-order valence-electron chi connectivity index (χ2n) is 3.69. The molecule has 0 aliphatic heterocycles. The van der Waals surface area contributed by atoms with Gasteiger partial charge in [0.05, 0.1) is 18.1 Å². The Kier molecular flexibility index (Phi) is 6.75. The molecule has 0 aliphatic carbocycles. The van der Waals surface area contributed by atoms with Crippen molar-refractivity contribution in [2.24, 2.45) is 0 Å². The molecule has 0 spiro atoms. The number of methoxy groups -OCH3 is 1. The van der Waals surface area contributed by atoms with Crippen LogP contribution in [0.4, 0.5) is 11.4 Å². The molecule has 100 valence electrons. The Balaban J connectivity index is 2.14. The van der Waals surface area contributed by atoms with Crippen molar-refractivity contribution in [3.63, 3.8) is 0 Å². The van der Waals surface area contributed by atoms with Crippen LogP contribution >= 0.6 is 0 Å². The highest BCUT2D eigenvalue weighted by atomic mass is 16.6. The molecule has 1 N–H and O–H groups in total. The van der Waals surface area contributed by atoms with E-state index in [1.165, 1.54) is 12.1 Å². The average Bonchev–Trinajstić information content (AvgIpc) is 2.38. The van der Waals surface area contributed by atoms with Crippen molar-refractivity contribution in [1.82, 2.24) is 0 Å². The van der Waals surface area contributed by atoms with Gasteiger partial charge >= 0.3 is 0 Å². The van der Waals surface area contributed by atoms with E-state index in [1.807, 2.05) is 0 Å². The highest BCUT2D eigenvalue weighted by Gasteiger charge is 2.02. The number of hydrogen-bond acceptors (Lipinski definition) is 5. The largest absolute Gasteiger partial charge is 0.385 e. The summed E-state index contributed by atoms with van der Waals surface area (Å²) in [6.45, 7) is 2.65. The maximum atomic E-state index is 10.5. The molecule has 0 radical (unpaired) electrons. The summed E-state index contributed by atoms with van der Waals surface area (Å²) in [5.74, 6) is 0. The molecule has 0 aromatic heterocycles. The Bertz CT molecular complexity index is 354. The third-order valence-electron chi connectivity index (χ3n) is 2.30. The first-order chi connectivity index (χ1) is 8.74. The van der Waals surface area contributed by atoms with Gasteiger partial charge in [0.15, 0.2) is 0 Å². The Hall–Kier alpha value is -1.66. The topological polar surface area (TPSA) is 73.6 Å². The van der Waals surface area contributed by atoms with E-state index in [4.69, 9.17) is 9.47 Å². The molecule has 0 aliphatic rings. The van der Waals surface area contributed by atoms with E-state index in [-0.39, 0.29) is 5.69 Å². The standard InChI is InChI=1S/C12H18N2O4/c1-17-9-10-18-8-2-7-13-11-3-5-12(6-4-11)14(15)16/h3-6,13H,2,7-10H2,1H3. The quantitative estimate of drug-likeness (QED) is 0.415. The predicted molar refractivity (Wildman–Crippen MR) is 68.9 cm³/mol. The number of nitro groups is 1. The van der Waals surface area contributed by atoms with Crippen LogP contribution in [0, 0.1) is 10.1 Å². The fourth-order valence-corrected chi connectivity index (χ4v) is 1.35. The van der Waals surface area contributed by atoms with Crippen LogP contribution < -0.4 is 5.32 Å². The normalized spacial score (nSPS) is 10.3. The molecule has 0 saturated carbocycles. The number of nitrogens with zero attached hydrogens (tertiary/aromatic N) is 1. The molecule has 0 saturated heterocycles. The van der Waals surface area contributed by atoms with Crippen molar-refractivity contribution in [3.05, 3.63) is 34.4 Å². The van der Waals surface area contributed by atoms with Crippen LogP contribution in [0.2, 0.25) is 0 Å². The molecule has 0 fully saturated rings. The van der Waals surface area contributed by atoms with E-state index in [0.29, 0.717) is 19.8 Å². The fraction of sp³-hybridized carbons (Fsp3) is 0.500. The Morgan fingerprint density at radius 1 is 1.22 bits per heavy atom. The number of nitro benzene ring substituents is 1. The number of benzene rings is 1. The van der Waals surface area contributed by atoms with Gasteiger partial charge in [-0.3, -0.25) is 10.1 Å². The molecule has 0 unspecified atom stereocenters. The first-order valence-corrected chi connectivity index (χ1v) is 5.79. The van der Waals surface area contributed by atoms with Gasteiger partial charge in [-0.2, -0.15) is 0 Å². The molecule has 0 bridgehead atoms. The lowest BCUT2D eigenvalue weighted by molar-refractivity contribution is -0.384. The summed E-state index contributed by atoms with van der Waals surface area (Å²) < 4.78 is 10.2. The summed E-state index contributed by atoms with van der Waals surface area (Å²) in [7, 11) is 1.64. The van der Waals surface area contributed by atoms with Gasteiger partial charge in [-0.1, -0.05) is 0 Å². The molecule has 6 heteroatoms. The second kappa shape index (κ2) is 8.43. The van der Waals surface area contributed by atoms with Crippen molar-refractivity contribution in [2.75, 3.05) is 38.8 Å². The van der Waals surface area contributed by atoms with E-state index >= 15 is 0 Å². The van der Waals surface area contributed by atoms with Gasteiger partial charge < -0.3 is 14.8 Å². The van der Waals surface area contributed by atoms with E-state index in [2.05, 4.69) is 5.32 Å². The average molecular weight is 254 g/mol. The Morgan fingerprint density at radius 3 is 2.56 bits per heavy atom. The van der Waals surface area contributed by atoms with Crippen LogP contribution in [-0.2, 0) is 9.47 Å². The van der Waals surface area contributed by atoms with Gasteiger partial charge in [0.1, 0.15) is 0 Å². The zero-order valence-electron chi connectivity index (χ0n) is 10.4. The van der Waals surface area contributed by atoms with Crippen molar-refractivity contribution in [3.8, 4) is 0 Å². The summed E-state index contributed by atoms with van der Waals surface area (Å²) in [5.41, 5.74) is 0.973. The fourth-order valence-electron chi connectivity index (χ4n) is 1.35. The maximum absolute atomic E-state index is 10.5. The molecule has 18 heavy (non-hydrogen) atoms. The van der Waals surface area contributed by atoms with Crippen LogP contribution in [0.15, 0.2) is 24.3 Å². The SMILES string of the molecule is COCCOCCCNc1ccc([N+](=O)[O-])cc1. The lowest BCUT2D eigenvalue weighted by atomic mass is 10.3. The minimum Gasteiger partial charge on any atom is -0.385 e. The first-order valence-electron chi connectivity index (χ1n) is 5.79. The number of hydrogen-bond donors (Lipinski definition) is 1. The van der Waals surface area contributed by atoms with Gasteiger partial charge in [-0.05, 0) is 18.6 Å². The van der Waals surface area contributed by atoms with E-state index in [0.717, 1.165) is 18.7 Å². The molecular weight excluding hydrogens is 236 g/mol. The summed E-state index contributed by atoms with van der Waals surface area (Å²) >= 11 is 0.